The van der Waals surface area contributed by atoms with Crippen LogP contribution in [0.3, 0.4) is 0 Å². The molecule has 5 heteroatoms. The van der Waals surface area contributed by atoms with E-state index in [9.17, 15) is 4.79 Å². The van der Waals surface area contributed by atoms with Gasteiger partial charge in [0.15, 0.2) is 0 Å². The average molecular weight is 238 g/mol. The second-order valence-corrected chi connectivity index (χ2v) is 3.31. The Morgan fingerprint density at radius 1 is 1.27 bits per heavy atom. The van der Waals surface area contributed by atoms with E-state index in [2.05, 4.69) is 29.4 Å². The van der Waals surface area contributed by atoms with E-state index in [1.807, 2.05) is 0 Å². The standard InChI is InChI=1S/C10H23N3O.ClH/c1-4-7-13(5-2)8-6-12-10(14)9-11-3;/h11H,4-9H2,1-3H3,(H,12,14);1H. The minimum Gasteiger partial charge on any atom is -0.354 e. The van der Waals surface area contributed by atoms with Gasteiger partial charge in [0.2, 0.25) is 5.91 Å². The first kappa shape index (κ1) is 17.1. The van der Waals surface area contributed by atoms with E-state index in [0.29, 0.717) is 6.54 Å². The van der Waals surface area contributed by atoms with Gasteiger partial charge in [0.25, 0.3) is 0 Å². The van der Waals surface area contributed by atoms with Crippen LogP contribution in [0.2, 0.25) is 0 Å². The van der Waals surface area contributed by atoms with Crippen LogP contribution in [0.5, 0.6) is 0 Å². The van der Waals surface area contributed by atoms with Crippen molar-refractivity contribution < 1.29 is 4.79 Å². The van der Waals surface area contributed by atoms with Crippen molar-refractivity contribution >= 4 is 18.3 Å². The molecule has 0 aromatic carbocycles. The number of amides is 1. The number of nitrogens with one attached hydrogen (secondary N) is 2. The first-order valence-electron chi connectivity index (χ1n) is 5.38. The molecule has 0 unspecified atom stereocenters. The summed E-state index contributed by atoms with van der Waals surface area (Å²) in [6, 6.07) is 0. The molecule has 0 fully saturated rings. The molecule has 0 rings (SSSR count). The molecule has 4 nitrogen and oxygen atoms in total. The quantitative estimate of drug-likeness (QED) is 0.646. The van der Waals surface area contributed by atoms with Gasteiger partial charge < -0.3 is 15.5 Å². The molecule has 0 atom stereocenters. The molecule has 1 amide bonds. The zero-order valence-electron chi connectivity index (χ0n) is 10.0. The van der Waals surface area contributed by atoms with Crippen LogP contribution in [0, 0.1) is 0 Å². The third-order valence-corrected chi connectivity index (χ3v) is 2.07. The molecule has 0 aromatic heterocycles. The summed E-state index contributed by atoms with van der Waals surface area (Å²) in [5, 5.41) is 5.68. The lowest BCUT2D eigenvalue weighted by atomic mass is 10.4. The number of carbonyl (C=O) groups is 1. The molecular weight excluding hydrogens is 214 g/mol. The molecule has 0 heterocycles. The first-order chi connectivity index (χ1) is 6.74. The molecule has 0 aliphatic heterocycles. The number of halogens is 1. The Labute approximate surface area is 99.2 Å². The first-order valence-corrected chi connectivity index (χ1v) is 5.38. The summed E-state index contributed by atoms with van der Waals surface area (Å²) >= 11 is 0. The van der Waals surface area contributed by atoms with Crippen molar-refractivity contribution in [2.75, 3.05) is 39.8 Å². The number of likely N-dealkylation sites (N-methyl/N-ethyl adjacent to an activating group) is 2. The summed E-state index contributed by atoms with van der Waals surface area (Å²) in [5.41, 5.74) is 0. The van der Waals surface area contributed by atoms with Gasteiger partial charge in [0.1, 0.15) is 0 Å². The van der Waals surface area contributed by atoms with E-state index in [1.165, 1.54) is 0 Å². The fraction of sp³-hybridized carbons (Fsp3) is 0.900. The van der Waals surface area contributed by atoms with Gasteiger partial charge in [-0.15, -0.1) is 12.4 Å². The van der Waals surface area contributed by atoms with Gasteiger partial charge in [0, 0.05) is 13.1 Å². The zero-order valence-corrected chi connectivity index (χ0v) is 10.8. The van der Waals surface area contributed by atoms with Crippen LogP contribution >= 0.6 is 12.4 Å². The summed E-state index contributed by atoms with van der Waals surface area (Å²) in [7, 11) is 1.77. The van der Waals surface area contributed by atoms with Crippen LogP contribution < -0.4 is 10.6 Å². The fourth-order valence-electron chi connectivity index (χ4n) is 1.32. The van der Waals surface area contributed by atoms with Crippen LogP contribution in [0.4, 0.5) is 0 Å². The molecule has 0 aliphatic rings. The van der Waals surface area contributed by atoms with Gasteiger partial charge in [-0.2, -0.15) is 0 Å². The van der Waals surface area contributed by atoms with Gasteiger partial charge in [-0.05, 0) is 26.6 Å². The maximum Gasteiger partial charge on any atom is 0.233 e. The molecule has 0 aliphatic carbocycles. The van der Waals surface area contributed by atoms with E-state index < -0.39 is 0 Å². The summed E-state index contributed by atoms with van der Waals surface area (Å²) in [4.78, 5) is 13.4. The van der Waals surface area contributed by atoms with Crippen LogP contribution in [-0.4, -0.2) is 50.6 Å². The molecule has 0 radical (unpaired) electrons. The lowest BCUT2D eigenvalue weighted by molar-refractivity contribution is -0.120. The molecule has 92 valence electrons. The molecule has 15 heavy (non-hydrogen) atoms. The zero-order chi connectivity index (χ0) is 10.8. The average Bonchev–Trinajstić information content (AvgIpc) is 2.17. The monoisotopic (exact) mass is 237 g/mol. The highest BCUT2D eigenvalue weighted by atomic mass is 35.5. The van der Waals surface area contributed by atoms with E-state index in [0.717, 1.165) is 32.6 Å². The number of hydrogen-bond donors (Lipinski definition) is 2. The van der Waals surface area contributed by atoms with Crippen LogP contribution in [0.15, 0.2) is 0 Å². The molecule has 0 bridgehead atoms. The van der Waals surface area contributed by atoms with Gasteiger partial charge in [-0.3, -0.25) is 4.79 Å². The Hall–Kier alpha value is -0.320. The second-order valence-electron chi connectivity index (χ2n) is 3.31. The minimum absolute atomic E-state index is 0. The molecule has 0 aromatic rings. The van der Waals surface area contributed by atoms with Crippen LogP contribution in [-0.2, 0) is 4.79 Å². The van der Waals surface area contributed by atoms with E-state index >= 15 is 0 Å². The molecule has 0 saturated carbocycles. The highest BCUT2D eigenvalue weighted by Crippen LogP contribution is 1.88. The molecule has 2 N–H and O–H groups in total. The fourth-order valence-corrected chi connectivity index (χ4v) is 1.32. The van der Waals surface area contributed by atoms with Gasteiger partial charge in [-0.25, -0.2) is 0 Å². The van der Waals surface area contributed by atoms with E-state index in [-0.39, 0.29) is 18.3 Å². The van der Waals surface area contributed by atoms with E-state index in [4.69, 9.17) is 0 Å². The van der Waals surface area contributed by atoms with Crippen molar-refractivity contribution in [1.29, 1.82) is 0 Å². The third-order valence-electron chi connectivity index (χ3n) is 2.07. The summed E-state index contributed by atoms with van der Waals surface area (Å²) in [6.45, 7) is 8.56. The molecule has 0 saturated heterocycles. The normalized spacial score (nSPS) is 9.87. The van der Waals surface area contributed by atoms with Crippen LogP contribution in [0.1, 0.15) is 20.3 Å². The predicted octanol–water partition coefficient (Wildman–Crippen LogP) is 0.476. The lowest BCUT2D eigenvalue weighted by Gasteiger charge is -2.19. The maximum atomic E-state index is 11.1. The highest BCUT2D eigenvalue weighted by molar-refractivity contribution is 5.85. The topological polar surface area (TPSA) is 44.4 Å². The maximum absolute atomic E-state index is 11.1. The second kappa shape index (κ2) is 11.8. The lowest BCUT2D eigenvalue weighted by Crippen LogP contribution is -2.38. The smallest absolute Gasteiger partial charge is 0.233 e. The highest BCUT2D eigenvalue weighted by Gasteiger charge is 2.01. The minimum atomic E-state index is 0. The number of hydrogen-bond acceptors (Lipinski definition) is 3. The SMILES string of the molecule is CCCN(CC)CCNC(=O)CNC.Cl. The number of nitrogens with zero attached hydrogens (tertiary/aromatic N) is 1. The number of carbonyl (C=O) groups excluding carboxylic acids is 1. The Balaban J connectivity index is 0. The largest absolute Gasteiger partial charge is 0.354 e. The predicted molar refractivity (Wildman–Crippen MR) is 66.6 cm³/mol. The van der Waals surface area contributed by atoms with Gasteiger partial charge in [0.05, 0.1) is 6.54 Å². The summed E-state index contributed by atoms with van der Waals surface area (Å²) in [6.07, 6.45) is 1.16. The van der Waals surface area contributed by atoms with Gasteiger partial charge >= 0.3 is 0 Å². The van der Waals surface area contributed by atoms with Gasteiger partial charge in [-0.1, -0.05) is 13.8 Å². The van der Waals surface area contributed by atoms with Crippen molar-refractivity contribution in [2.45, 2.75) is 20.3 Å². The van der Waals surface area contributed by atoms with Crippen molar-refractivity contribution in [2.24, 2.45) is 0 Å². The molecular formula is C10H24ClN3O. The Morgan fingerprint density at radius 3 is 2.40 bits per heavy atom. The van der Waals surface area contributed by atoms with Crippen molar-refractivity contribution in [1.82, 2.24) is 15.5 Å². The Bertz CT molecular complexity index is 156. The van der Waals surface area contributed by atoms with Crippen molar-refractivity contribution in [3.63, 3.8) is 0 Å². The van der Waals surface area contributed by atoms with Crippen LogP contribution in [0.25, 0.3) is 0 Å². The van der Waals surface area contributed by atoms with E-state index in [1.54, 1.807) is 7.05 Å². The summed E-state index contributed by atoms with van der Waals surface area (Å²) in [5.74, 6) is 0.0695. The Morgan fingerprint density at radius 2 is 1.93 bits per heavy atom. The number of rotatable bonds is 8. The van der Waals surface area contributed by atoms with Crippen molar-refractivity contribution in [3.05, 3.63) is 0 Å². The van der Waals surface area contributed by atoms with Crippen molar-refractivity contribution in [3.8, 4) is 0 Å². The summed E-state index contributed by atoms with van der Waals surface area (Å²) < 4.78 is 0. The Kier molecular flexibility index (Phi) is 13.4. The third kappa shape index (κ3) is 9.97. The molecule has 0 spiro atoms.